The zero-order chi connectivity index (χ0) is 16.9. The molecule has 1 saturated carbocycles. The van der Waals surface area contributed by atoms with Crippen molar-refractivity contribution in [3.8, 4) is 5.75 Å². The van der Waals surface area contributed by atoms with E-state index in [4.69, 9.17) is 4.74 Å². The lowest BCUT2D eigenvalue weighted by atomic mass is 10.1. The van der Waals surface area contributed by atoms with E-state index in [-0.39, 0.29) is 12.0 Å². The molecular formula is C19H28N2O3. The first-order valence-corrected chi connectivity index (χ1v) is 9.03. The first-order valence-electron chi connectivity index (χ1n) is 9.03. The molecule has 2 atom stereocenters. The van der Waals surface area contributed by atoms with Gasteiger partial charge in [-0.3, -0.25) is 9.69 Å². The Morgan fingerprint density at radius 3 is 2.62 bits per heavy atom. The number of hydrogen-bond donors (Lipinski definition) is 1. The molecule has 1 N–H and O–H groups in total. The van der Waals surface area contributed by atoms with Crippen LogP contribution < -0.4 is 4.74 Å². The predicted octanol–water partition coefficient (Wildman–Crippen LogP) is 1.82. The highest BCUT2D eigenvalue weighted by Crippen LogP contribution is 2.25. The average Bonchev–Trinajstić information content (AvgIpc) is 3.03. The molecule has 5 heteroatoms. The number of hydrogen-bond acceptors (Lipinski definition) is 4. The summed E-state index contributed by atoms with van der Waals surface area (Å²) in [6, 6.07) is 8.17. The van der Waals surface area contributed by atoms with Crippen LogP contribution in [-0.2, 0) is 4.79 Å². The minimum atomic E-state index is -0.185. The summed E-state index contributed by atoms with van der Waals surface area (Å²) in [4.78, 5) is 16.6. The number of para-hydroxylation sites is 1. The van der Waals surface area contributed by atoms with Crippen molar-refractivity contribution in [1.29, 1.82) is 0 Å². The zero-order valence-electron chi connectivity index (χ0n) is 14.5. The SMILES string of the molecule is Cc1ccccc1OCCC(=O)N1CCN(C2CCCC2O)CC1. The highest BCUT2D eigenvalue weighted by atomic mass is 16.5. The van der Waals surface area contributed by atoms with E-state index < -0.39 is 0 Å². The number of aliphatic hydroxyl groups excluding tert-OH is 1. The van der Waals surface area contributed by atoms with Crippen LogP contribution >= 0.6 is 0 Å². The van der Waals surface area contributed by atoms with Crippen molar-refractivity contribution < 1.29 is 14.6 Å². The second-order valence-electron chi connectivity index (χ2n) is 6.85. The Labute approximate surface area is 144 Å². The molecule has 24 heavy (non-hydrogen) atoms. The first-order chi connectivity index (χ1) is 11.6. The lowest BCUT2D eigenvalue weighted by Crippen LogP contribution is -2.53. The highest BCUT2D eigenvalue weighted by Gasteiger charge is 2.33. The van der Waals surface area contributed by atoms with E-state index in [0.717, 1.165) is 56.8 Å². The van der Waals surface area contributed by atoms with Crippen molar-refractivity contribution in [2.45, 2.75) is 44.8 Å². The van der Waals surface area contributed by atoms with E-state index in [1.165, 1.54) is 0 Å². The molecular weight excluding hydrogens is 304 g/mol. The maximum atomic E-state index is 12.3. The molecule has 3 rings (SSSR count). The van der Waals surface area contributed by atoms with Crippen LogP contribution in [0.4, 0.5) is 0 Å². The fourth-order valence-electron chi connectivity index (χ4n) is 3.77. The summed E-state index contributed by atoms with van der Waals surface area (Å²) in [5.41, 5.74) is 1.09. The molecule has 1 aliphatic carbocycles. The van der Waals surface area contributed by atoms with Crippen molar-refractivity contribution >= 4 is 5.91 Å². The second-order valence-corrected chi connectivity index (χ2v) is 6.85. The van der Waals surface area contributed by atoms with Gasteiger partial charge < -0.3 is 14.7 Å². The van der Waals surface area contributed by atoms with Crippen LogP contribution in [0.25, 0.3) is 0 Å². The predicted molar refractivity (Wildman–Crippen MR) is 93.1 cm³/mol. The van der Waals surface area contributed by atoms with Gasteiger partial charge in [0.25, 0.3) is 0 Å². The lowest BCUT2D eigenvalue weighted by molar-refractivity contribution is -0.134. The number of nitrogens with zero attached hydrogens (tertiary/aromatic N) is 2. The molecule has 0 aromatic heterocycles. The number of ether oxygens (including phenoxy) is 1. The van der Waals surface area contributed by atoms with E-state index in [2.05, 4.69) is 4.90 Å². The summed E-state index contributed by atoms with van der Waals surface area (Å²) in [6.07, 6.45) is 3.34. The van der Waals surface area contributed by atoms with Gasteiger partial charge in [0, 0.05) is 32.2 Å². The average molecular weight is 332 g/mol. The third kappa shape index (κ3) is 4.08. The summed E-state index contributed by atoms with van der Waals surface area (Å²) in [7, 11) is 0. The smallest absolute Gasteiger partial charge is 0.226 e. The Balaban J connectivity index is 1.40. The summed E-state index contributed by atoms with van der Waals surface area (Å²) < 4.78 is 5.72. The van der Waals surface area contributed by atoms with Crippen LogP contribution in [0, 0.1) is 6.92 Å². The van der Waals surface area contributed by atoms with Crippen LogP contribution in [0.5, 0.6) is 5.75 Å². The third-order valence-electron chi connectivity index (χ3n) is 5.25. The summed E-state index contributed by atoms with van der Waals surface area (Å²) in [5.74, 6) is 1.01. The molecule has 1 aliphatic heterocycles. The summed E-state index contributed by atoms with van der Waals surface area (Å²) in [5, 5.41) is 10.0. The van der Waals surface area contributed by atoms with Crippen LogP contribution in [0.3, 0.4) is 0 Å². The van der Waals surface area contributed by atoms with Gasteiger partial charge in [-0.2, -0.15) is 0 Å². The minimum absolute atomic E-state index is 0.162. The fraction of sp³-hybridized carbons (Fsp3) is 0.632. The van der Waals surface area contributed by atoms with Gasteiger partial charge in [-0.25, -0.2) is 0 Å². The number of rotatable bonds is 5. The van der Waals surface area contributed by atoms with Crippen LogP contribution in [0.2, 0.25) is 0 Å². The summed E-state index contributed by atoms with van der Waals surface area (Å²) in [6.45, 7) is 5.68. The van der Waals surface area contributed by atoms with Gasteiger partial charge in [0.15, 0.2) is 0 Å². The fourth-order valence-corrected chi connectivity index (χ4v) is 3.77. The van der Waals surface area contributed by atoms with E-state index >= 15 is 0 Å². The minimum Gasteiger partial charge on any atom is -0.493 e. The molecule has 1 saturated heterocycles. The van der Waals surface area contributed by atoms with Crippen molar-refractivity contribution in [2.24, 2.45) is 0 Å². The molecule has 1 aromatic rings. The van der Waals surface area contributed by atoms with Crippen molar-refractivity contribution in [2.75, 3.05) is 32.8 Å². The van der Waals surface area contributed by atoms with Gasteiger partial charge in [0.2, 0.25) is 5.91 Å². The Kier molecular flexibility index (Phi) is 5.74. The topological polar surface area (TPSA) is 53.0 Å². The molecule has 1 aromatic carbocycles. The molecule has 132 valence electrons. The summed E-state index contributed by atoms with van der Waals surface area (Å²) >= 11 is 0. The molecule has 5 nitrogen and oxygen atoms in total. The molecule has 0 spiro atoms. The standard InChI is InChI=1S/C19H28N2O3/c1-15-5-2-3-8-18(15)24-14-9-19(23)21-12-10-20(11-13-21)16-6-4-7-17(16)22/h2-3,5,8,16-17,22H,4,6-7,9-14H2,1H3. The van der Waals surface area contributed by atoms with E-state index in [0.29, 0.717) is 19.1 Å². The van der Waals surface area contributed by atoms with Crippen LogP contribution in [0.1, 0.15) is 31.2 Å². The van der Waals surface area contributed by atoms with Crippen molar-refractivity contribution in [3.05, 3.63) is 29.8 Å². The van der Waals surface area contributed by atoms with E-state index in [1.807, 2.05) is 36.1 Å². The number of carbonyl (C=O) groups is 1. The zero-order valence-corrected chi connectivity index (χ0v) is 14.5. The lowest BCUT2D eigenvalue weighted by Gasteiger charge is -2.39. The number of amides is 1. The highest BCUT2D eigenvalue weighted by molar-refractivity contribution is 5.76. The number of carbonyl (C=O) groups excluding carboxylic acids is 1. The molecule has 2 aliphatic rings. The molecule has 2 unspecified atom stereocenters. The largest absolute Gasteiger partial charge is 0.493 e. The molecule has 1 heterocycles. The Bertz CT molecular complexity index is 555. The number of aliphatic hydroxyl groups is 1. The van der Waals surface area contributed by atoms with Gasteiger partial charge in [-0.1, -0.05) is 18.2 Å². The van der Waals surface area contributed by atoms with Gasteiger partial charge in [-0.15, -0.1) is 0 Å². The molecule has 0 bridgehead atoms. The Hall–Kier alpha value is -1.59. The number of aryl methyl sites for hydroxylation is 1. The van der Waals surface area contributed by atoms with Crippen molar-refractivity contribution in [3.63, 3.8) is 0 Å². The molecule has 0 radical (unpaired) electrons. The maximum absolute atomic E-state index is 12.3. The van der Waals surface area contributed by atoms with Crippen LogP contribution in [0.15, 0.2) is 24.3 Å². The number of piperazine rings is 1. The maximum Gasteiger partial charge on any atom is 0.226 e. The number of benzene rings is 1. The van der Waals surface area contributed by atoms with Crippen LogP contribution in [-0.4, -0.2) is 65.7 Å². The van der Waals surface area contributed by atoms with Gasteiger partial charge >= 0.3 is 0 Å². The van der Waals surface area contributed by atoms with Gasteiger partial charge in [0.05, 0.1) is 19.1 Å². The first kappa shape index (κ1) is 17.2. The van der Waals surface area contributed by atoms with Gasteiger partial charge in [0.1, 0.15) is 5.75 Å². The Morgan fingerprint density at radius 1 is 1.21 bits per heavy atom. The monoisotopic (exact) mass is 332 g/mol. The molecule has 2 fully saturated rings. The van der Waals surface area contributed by atoms with Crippen molar-refractivity contribution in [1.82, 2.24) is 9.80 Å². The van der Waals surface area contributed by atoms with Gasteiger partial charge in [-0.05, 0) is 37.8 Å². The van der Waals surface area contributed by atoms with E-state index in [1.54, 1.807) is 0 Å². The third-order valence-corrected chi connectivity index (χ3v) is 5.25. The Morgan fingerprint density at radius 2 is 1.96 bits per heavy atom. The quantitative estimate of drug-likeness (QED) is 0.894. The second kappa shape index (κ2) is 7.99. The molecule has 1 amide bonds. The normalized spacial score (nSPS) is 25.0. The van der Waals surface area contributed by atoms with E-state index in [9.17, 15) is 9.90 Å².